The zero-order valence-corrected chi connectivity index (χ0v) is 13.4. The number of nitrogens with zero attached hydrogens (tertiary/aromatic N) is 1. The van der Waals surface area contributed by atoms with Crippen LogP contribution in [0.2, 0.25) is 10.0 Å². The summed E-state index contributed by atoms with van der Waals surface area (Å²) in [7, 11) is 1.91. The van der Waals surface area contributed by atoms with Crippen LogP contribution in [0.25, 0.3) is 0 Å². The minimum atomic E-state index is 0.00210. The van der Waals surface area contributed by atoms with Crippen LogP contribution in [0, 0.1) is 0 Å². The Morgan fingerprint density at radius 2 is 2.00 bits per heavy atom. The van der Waals surface area contributed by atoms with Gasteiger partial charge in [0.2, 0.25) is 0 Å². The van der Waals surface area contributed by atoms with Gasteiger partial charge in [0.25, 0.3) is 0 Å². The van der Waals surface area contributed by atoms with Gasteiger partial charge in [0.1, 0.15) is 5.01 Å². The first-order valence-electron chi connectivity index (χ1n) is 6.10. The second kappa shape index (κ2) is 6.23. The summed E-state index contributed by atoms with van der Waals surface area (Å²) in [4.78, 5) is 4.69. The Kier molecular flexibility index (Phi) is 4.85. The van der Waals surface area contributed by atoms with Gasteiger partial charge in [-0.3, -0.25) is 0 Å². The first-order chi connectivity index (χ1) is 9.02. The van der Waals surface area contributed by atoms with Gasteiger partial charge in [-0.25, -0.2) is 4.98 Å². The lowest BCUT2D eigenvalue weighted by Gasteiger charge is -2.15. The summed E-state index contributed by atoms with van der Waals surface area (Å²) >= 11 is 13.9. The summed E-state index contributed by atoms with van der Waals surface area (Å²) in [6.45, 7) is 4.28. The minimum Gasteiger partial charge on any atom is -0.307 e. The largest absolute Gasteiger partial charge is 0.307 e. The van der Waals surface area contributed by atoms with E-state index in [0.717, 1.165) is 16.3 Å². The number of halogens is 2. The van der Waals surface area contributed by atoms with Gasteiger partial charge in [0, 0.05) is 15.4 Å². The van der Waals surface area contributed by atoms with Crippen LogP contribution in [0.15, 0.2) is 23.6 Å². The quantitative estimate of drug-likeness (QED) is 0.869. The molecule has 2 rings (SSSR count). The zero-order chi connectivity index (χ0) is 14.0. The van der Waals surface area contributed by atoms with Crippen molar-refractivity contribution in [1.82, 2.24) is 10.3 Å². The molecule has 0 aliphatic carbocycles. The highest BCUT2D eigenvalue weighted by Gasteiger charge is 2.19. The monoisotopic (exact) mass is 314 g/mol. The standard InChI is InChI=1S/C14H16Cl2N2S/c1-8(2)12-7-19-14(18-12)13(17-3)10-5-4-9(15)6-11(10)16/h4-8,13,17H,1-3H3. The first-order valence-corrected chi connectivity index (χ1v) is 7.74. The molecule has 1 atom stereocenters. The number of hydrogen-bond donors (Lipinski definition) is 1. The van der Waals surface area contributed by atoms with Crippen molar-refractivity contribution in [3.63, 3.8) is 0 Å². The summed E-state index contributed by atoms with van der Waals surface area (Å²) in [6, 6.07) is 5.56. The molecular weight excluding hydrogens is 299 g/mol. The Hall–Kier alpha value is -0.610. The van der Waals surface area contributed by atoms with Crippen molar-refractivity contribution >= 4 is 34.5 Å². The maximum absolute atomic E-state index is 6.27. The van der Waals surface area contributed by atoms with Crippen molar-refractivity contribution in [2.75, 3.05) is 7.05 Å². The Morgan fingerprint density at radius 1 is 1.26 bits per heavy atom. The second-order valence-corrected chi connectivity index (χ2v) is 6.39. The second-order valence-electron chi connectivity index (χ2n) is 4.65. The smallest absolute Gasteiger partial charge is 0.114 e. The predicted octanol–water partition coefficient (Wildman–Crippen LogP) is 4.88. The fourth-order valence-corrected chi connectivity index (χ4v) is 3.47. The summed E-state index contributed by atoms with van der Waals surface area (Å²) in [5.41, 5.74) is 2.11. The van der Waals surface area contributed by atoms with Crippen LogP contribution in [0.5, 0.6) is 0 Å². The van der Waals surface area contributed by atoms with E-state index in [0.29, 0.717) is 16.0 Å². The van der Waals surface area contributed by atoms with Gasteiger partial charge in [-0.05, 0) is 30.7 Å². The van der Waals surface area contributed by atoms with E-state index in [1.54, 1.807) is 17.4 Å². The summed E-state index contributed by atoms with van der Waals surface area (Å²) in [6.07, 6.45) is 0. The van der Waals surface area contributed by atoms with Crippen LogP contribution >= 0.6 is 34.5 Å². The molecule has 0 radical (unpaired) electrons. The van der Waals surface area contributed by atoms with Gasteiger partial charge in [-0.15, -0.1) is 11.3 Å². The van der Waals surface area contributed by atoms with E-state index < -0.39 is 0 Å². The Morgan fingerprint density at radius 3 is 2.53 bits per heavy atom. The molecule has 0 aliphatic rings. The number of hydrogen-bond acceptors (Lipinski definition) is 3. The molecule has 0 fully saturated rings. The fourth-order valence-electron chi connectivity index (χ4n) is 1.85. The predicted molar refractivity (Wildman–Crippen MR) is 83.6 cm³/mol. The van der Waals surface area contributed by atoms with Crippen molar-refractivity contribution in [2.45, 2.75) is 25.8 Å². The molecule has 0 bridgehead atoms. The topological polar surface area (TPSA) is 24.9 Å². The molecular formula is C14H16Cl2N2S. The van der Waals surface area contributed by atoms with E-state index in [4.69, 9.17) is 23.2 Å². The summed E-state index contributed by atoms with van der Waals surface area (Å²) < 4.78 is 0. The van der Waals surface area contributed by atoms with E-state index in [1.807, 2.05) is 19.2 Å². The summed E-state index contributed by atoms with van der Waals surface area (Å²) in [5.74, 6) is 0.434. The van der Waals surface area contributed by atoms with Crippen LogP contribution in [0.3, 0.4) is 0 Å². The third kappa shape index (κ3) is 3.29. The molecule has 0 saturated carbocycles. The van der Waals surface area contributed by atoms with Crippen LogP contribution < -0.4 is 5.32 Å². The maximum Gasteiger partial charge on any atom is 0.114 e. The number of aromatic nitrogens is 1. The van der Waals surface area contributed by atoms with E-state index in [1.165, 1.54) is 0 Å². The highest BCUT2D eigenvalue weighted by Crippen LogP contribution is 2.32. The van der Waals surface area contributed by atoms with E-state index >= 15 is 0 Å². The average molecular weight is 315 g/mol. The minimum absolute atomic E-state index is 0.00210. The third-order valence-corrected chi connectivity index (χ3v) is 4.43. The van der Waals surface area contributed by atoms with Gasteiger partial charge in [0.15, 0.2) is 0 Å². The zero-order valence-electron chi connectivity index (χ0n) is 11.1. The molecule has 2 aromatic rings. The molecule has 1 unspecified atom stereocenters. The third-order valence-electron chi connectivity index (χ3n) is 2.94. The molecule has 1 aromatic heterocycles. The Labute approximate surface area is 127 Å². The molecule has 2 nitrogen and oxygen atoms in total. The molecule has 102 valence electrons. The van der Waals surface area contributed by atoms with Gasteiger partial charge < -0.3 is 5.32 Å². The lowest BCUT2D eigenvalue weighted by atomic mass is 10.1. The van der Waals surface area contributed by atoms with E-state index in [9.17, 15) is 0 Å². The Bertz CT molecular complexity index is 566. The molecule has 5 heteroatoms. The molecule has 0 saturated heterocycles. The van der Waals surface area contributed by atoms with Crippen LogP contribution in [0.4, 0.5) is 0 Å². The van der Waals surface area contributed by atoms with Crippen molar-refractivity contribution in [3.05, 3.63) is 49.9 Å². The van der Waals surface area contributed by atoms with Gasteiger partial charge in [0.05, 0.1) is 11.7 Å². The number of benzene rings is 1. The highest BCUT2D eigenvalue weighted by atomic mass is 35.5. The molecule has 1 aromatic carbocycles. The average Bonchev–Trinajstić information content (AvgIpc) is 2.82. The van der Waals surface area contributed by atoms with Gasteiger partial charge in [-0.2, -0.15) is 0 Å². The lowest BCUT2D eigenvalue weighted by molar-refractivity contribution is 0.679. The van der Waals surface area contributed by atoms with Crippen molar-refractivity contribution in [1.29, 1.82) is 0 Å². The van der Waals surface area contributed by atoms with Crippen LogP contribution in [-0.4, -0.2) is 12.0 Å². The van der Waals surface area contributed by atoms with Crippen molar-refractivity contribution in [3.8, 4) is 0 Å². The Balaban J connectivity index is 2.38. The fraction of sp³-hybridized carbons (Fsp3) is 0.357. The van der Waals surface area contributed by atoms with Gasteiger partial charge in [-0.1, -0.05) is 43.1 Å². The van der Waals surface area contributed by atoms with Crippen molar-refractivity contribution in [2.24, 2.45) is 0 Å². The SMILES string of the molecule is CNC(c1nc(C(C)C)cs1)c1ccc(Cl)cc1Cl. The van der Waals surface area contributed by atoms with Crippen molar-refractivity contribution < 1.29 is 0 Å². The number of thiazole rings is 1. The number of rotatable bonds is 4. The molecule has 0 aliphatic heterocycles. The molecule has 1 N–H and O–H groups in total. The molecule has 0 spiro atoms. The maximum atomic E-state index is 6.27. The normalized spacial score (nSPS) is 12.9. The molecule has 0 amide bonds. The molecule has 1 heterocycles. The van der Waals surface area contributed by atoms with E-state index in [-0.39, 0.29) is 6.04 Å². The van der Waals surface area contributed by atoms with E-state index in [2.05, 4.69) is 29.5 Å². The summed E-state index contributed by atoms with van der Waals surface area (Å²) in [5, 5.41) is 7.70. The lowest BCUT2D eigenvalue weighted by Crippen LogP contribution is -2.18. The first kappa shape index (κ1) is 14.8. The van der Waals surface area contributed by atoms with Crippen LogP contribution in [-0.2, 0) is 0 Å². The van der Waals surface area contributed by atoms with Gasteiger partial charge >= 0.3 is 0 Å². The number of nitrogens with one attached hydrogen (secondary N) is 1. The molecule has 19 heavy (non-hydrogen) atoms. The van der Waals surface area contributed by atoms with Crippen LogP contribution in [0.1, 0.15) is 42.1 Å². The highest BCUT2D eigenvalue weighted by molar-refractivity contribution is 7.09.